The zero-order valence-corrected chi connectivity index (χ0v) is 8.09. The molecule has 1 saturated heterocycles. The van der Waals surface area contributed by atoms with Crippen LogP contribution in [0.25, 0.3) is 0 Å². The maximum Gasteiger partial charge on any atom is 0.407 e. The number of aromatic nitrogens is 2. The van der Waals surface area contributed by atoms with Gasteiger partial charge >= 0.3 is 12.1 Å². The van der Waals surface area contributed by atoms with Gasteiger partial charge in [0, 0.05) is 19.0 Å². The maximum atomic E-state index is 10.7. The van der Waals surface area contributed by atoms with Crippen LogP contribution in [-0.2, 0) is 0 Å². The molecule has 0 aliphatic carbocycles. The SMILES string of the molecule is Nc1nnc(C2CCN(C(=O)O)CC2)o1. The number of hydrogen-bond donors (Lipinski definition) is 2. The molecule has 0 atom stereocenters. The van der Waals surface area contributed by atoms with Crippen molar-refractivity contribution in [3.05, 3.63) is 5.89 Å². The van der Waals surface area contributed by atoms with Gasteiger partial charge in [-0.05, 0) is 12.8 Å². The maximum absolute atomic E-state index is 10.7. The Labute approximate surface area is 85.9 Å². The van der Waals surface area contributed by atoms with Crippen LogP contribution in [0.3, 0.4) is 0 Å². The molecule has 1 fully saturated rings. The second-order valence-electron chi connectivity index (χ2n) is 3.52. The van der Waals surface area contributed by atoms with Crippen LogP contribution in [0.1, 0.15) is 24.7 Å². The van der Waals surface area contributed by atoms with Crippen LogP contribution in [0, 0.1) is 0 Å². The van der Waals surface area contributed by atoms with Crippen molar-refractivity contribution in [1.82, 2.24) is 15.1 Å². The molecule has 1 aromatic heterocycles. The summed E-state index contributed by atoms with van der Waals surface area (Å²) in [4.78, 5) is 12.0. The van der Waals surface area contributed by atoms with Gasteiger partial charge in [-0.2, -0.15) is 0 Å². The molecule has 15 heavy (non-hydrogen) atoms. The van der Waals surface area contributed by atoms with Gasteiger partial charge in [-0.15, -0.1) is 5.10 Å². The summed E-state index contributed by atoms with van der Waals surface area (Å²) in [5, 5.41) is 16.1. The molecule has 1 aliphatic heterocycles. The molecule has 1 amide bonds. The topological polar surface area (TPSA) is 105 Å². The van der Waals surface area contributed by atoms with E-state index in [1.54, 1.807) is 0 Å². The number of nitrogens with zero attached hydrogens (tertiary/aromatic N) is 3. The molecule has 3 N–H and O–H groups in total. The monoisotopic (exact) mass is 212 g/mol. The summed E-state index contributed by atoms with van der Waals surface area (Å²) in [6, 6.07) is 0.0608. The summed E-state index contributed by atoms with van der Waals surface area (Å²) >= 11 is 0. The fourth-order valence-electron chi connectivity index (χ4n) is 1.73. The summed E-state index contributed by atoms with van der Waals surface area (Å²) in [6.07, 6.45) is 0.528. The predicted octanol–water partition coefficient (Wildman–Crippen LogP) is 0.509. The Balaban J connectivity index is 1.96. The summed E-state index contributed by atoms with van der Waals surface area (Å²) < 4.78 is 5.11. The van der Waals surface area contributed by atoms with Gasteiger partial charge in [0.25, 0.3) is 0 Å². The molecule has 2 heterocycles. The number of piperidine rings is 1. The smallest absolute Gasteiger partial charge is 0.407 e. The lowest BCUT2D eigenvalue weighted by atomic mass is 9.97. The fourth-order valence-corrected chi connectivity index (χ4v) is 1.73. The average molecular weight is 212 g/mol. The van der Waals surface area contributed by atoms with Gasteiger partial charge in [0.1, 0.15) is 0 Å². The van der Waals surface area contributed by atoms with E-state index in [0.29, 0.717) is 31.8 Å². The van der Waals surface area contributed by atoms with Gasteiger partial charge in [0.05, 0.1) is 0 Å². The van der Waals surface area contributed by atoms with Gasteiger partial charge in [-0.1, -0.05) is 5.10 Å². The first-order valence-corrected chi connectivity index (χ1v) is 4.73. The quantitative estimate of drug-likeness (QED) is 0.702. The third kappa shape index (κ3) is 2.00. The minimum atomic E-state index is -0.876. The zero-order valence-electron chi connectivity index (χ0n) is 8.09. The molecular formula is C8H12N4O3. The Morgan fingerprint density at radius 1 is 1.47 bits per heavy atom. The normalized spacial score (nSPS) is 18.0. The third-order valence-corrected chi connectivity index (χ3v) is 2.57. The van der Waals surface area contributed by atoms with E-state index in [2.05, 4.69) is 10.2 Å². The molecule has 0 saturated carbocycles. The molecule has 0 aromatic carbocycles. The Morgan fingerprint density at radius 3 is 2.60 bits per heavy atom. The lowest BCUT2D eigenvalue weighted by Crippen LogP contribution is -2.36. The van der Waals surface area contributed by atoms with E-state index in [4.69, 9.17) is 15.3 Å². The summed E-state index contributed by atoms with van der Waals surface area (Å²) in [6.45, 7) is 1.00. The Hall–Kier alpha value is -1.79. The molecule has 0 unspecified atom stereocenters. The second kappa shape index (κ2) is 3.76. The van der Waals surface area contributed by atoms with Crippen LogP contribution in [0.5, 0.6) is 0 Å². The van der Waals surface area contributed by atoms with Gasteiger partial charge in [0.15, 0.2) is 0 Å². The second-order valence-corrected chi connectivity index (χ2v) is 3.52. The van der Waals surface area contributed by atoms with Crippen molar-refractivity contribution >= 4 is 12.1 Å². The number of carboxylic acid groups (broad SMARTS) is 1. The van der Waals surface area contributed by atoms with Crippen molar-refractivity contribution < 1.29 is 14.3 Å². The number of nitrogen functional groups attached to an aromatic ring is 1. The highest BCUT2D eigenvalue weighted by Crippen LogP contribution is 2.27. The molecule has 82 valence electrons. The molecule has 1 aromatic rings. The first-order valence-electron chi connectivity index (χ1n) is 4.73. The summed E-state index contributed by atoms with van der Waals surface area (Å²) in [7, 11) is 0. The number of nitrogens with two attached hydrogens (primary N) is 1. The van der Waals surface area contributed by atoms with Crippen molar-refractivity contribution in [2.75, 3.05) is 18.8 Å². The predicted molar refractivity (Wildman–Crippen MR) is 50.3 cm³/mol. The molecule has 7 heteroatoms. The molecular weight excluding hydrogens is 200 g/mol. The van der Waals surface area contributed by atoms with Crippen LogP contribution in [-0.4, -0.2) is 39.4 Å². The molecule has 0 spiro atoms. The summed E-state index contributed by atoms with van der Waals surface area (Å²) in [5.41, 5.74) is 5.32. The Kier molecular flexibility index (Phi) is 2.44. The van der Waals surface area contributed by atoms with Crippen LogP contribution in [0.4, 0.5) is 10.8 Å². The lowest BCUT2D eigenvalue weighted by Gasteiger charge is -2.27. The van der Waals surface area contributed by atoms with Gasteiger partial charge < -0.3 is 20.2 Å². The molecule has 7 nitrogen and oxygen atoms in total. The minimum Gasteiger partial charge on any atom is -0.465 e. The molecule has 0 radical (unpaired) electrons. The van der Waals surface area contributed by atoms with Crippen LogP contribution >= 0.6 is 0 Å². The van der Waals surface area contributed by atoms with Crippen molar-refractivity contribution in [3.8, 4) is 0 Å². The first-order chi connectivity index (χ1) is 7.16. The van der Waals surface area contributed by atoms with E-state index in [-0.39, 0.29) is 11.9 Å². The third-order valence-electron chi connectivity index (χ3n) is 2.57. The number of carbonyl (C=O) groups is 1. The molecule has 2 rings (SSSR count). The van der Waals surface area contributed by atoms with Crippen molar-refractivity contribution in [2.24, 2.45) is 0 Å². The van der Waals surface area contributed by atoms with E-state index in [1.807, 2.05) is 0 Å². The van der Waals surface area contributed by atoms with E-state index in [0.717, 1.165) is 0 Å². The van der Waals surface area contributed by atoms with Crippen LogP contribution < -0.4 is 5.73 Å². The molecule has 1 aliphatic rings. The highest BCUT2D eigenvalue weighted by Gasteiger charge is 2.26. The van der Waals surface area contributed by atoms with E-state index in [1.165, 1.54) is 4.90 Å². The van der Waals surface area contributed by atoms with E-state index < -0.39 is 6.09 Å². The van der Waals surface area contributed by atoms with Gasteiger partial charge in [-0.25, -0.2) is 4.79 Å². The Bertz CT molecular complexity index is 357. The van der Waals surface area contributed by atoms with E-state index >= 15 is 0 Å². The number of anilines is 1. The van der Waals surface area contributed by atoms with Crippen LogP contribution in [0.15, 0.2) is 4.42 Å². The number of amides is 1. The van der Waals surface area contributed by atoms with Crippen molar-refractivity contribution in [1.29, 1.82) is 0 Å². The number of likely N-dealkylation sites (tertiary alicyclic amines) is 1. The van der Waals surface area contributed by atoms with Crippen LogP contribution in [0.2, 0.25) is 0 Å². The van der Waals surface area contributed by atoms with Gasteiger partial charge in [0.2, 0.25) is 5.89 Å². The lowest BCUT2D eigenvalue weighted by molar-refractivity contribution is 0.129. The zero-order chi connectivity index (χ0) is 10.8. The minimum absolute atomic E-state index is 0.0608. The highest BCUT2D eigenvalue weighted by atomic mass is 16.4. The first kappa shape index (κ1) is 9.75. The largest absolute Gasteiger partial charge is 0.465 e. The number of hydrogen-bond acceptors (Lipinski definition) is 5. The van der Waals surface area contributed by atoms with E-state index in [9.17, 15) is 4.79 Å². The number of rotatable bonds is 1. The van der Waals surface area contributed by atoms with Crippen molar-refractivity contribution in [2.45, 2.75) is 18.8 Å². The Morgan fingerprint density at radius 2 is 2.13 bits per heavy atom. The van der Waals surface area contributed by atoms with Gasteiger partial charge in [-0.3, -0.25) is 0 Å². The van der Waals surface area contributed by atoms with Crippen molar-refractivity contribution in [3.63, 3.8) is 0 Å². The average Bonchev–Trinajstić information content (AvgIpc) is 2.65. The fraction of sp³-hybridized carbons (Fsp3) is 0.625. The summed E-state index contributed by atoms with van der Waals surface area (Å²) in [5.74, 6) is 0.642. The standard InChI is InChI=1S/C8H12N4O3/c9-7-11-10-6(15-7)5-1-3-12(4-2-5)8(13)14/h5H,1-4H2,(H2,9,11)(H,13,14). The molecule has 0 bridgehead atoms. The highest BCUT2D eigenvalue weighted by molar-refractivity contribution is 5.65.